The molecule has 8 atom stereocenters. The van der Waals surface area contributed by atoms with Crippen molar-refractivity contribution in [3.63, 3.8) is 0 Å². The number of hydrazone groups is 1. The van der Waals surface area contributed by atoms with E-state index in [1.165, 1.54) is 37.0 Å². The number of nitro groups is 1. The Morgan fingerprint density at radius 2 is 1.83 bits per heavy atom. The fraction of sp³-hybridized carbons (Fsp3) is 0.559. The first kappa shape index (κ1) is 27.3. The molecule has 0 amide bonds. The summed E-state index contributed by atoms with van der Waals surface area (Å²) in [6.45, 7) is 5.04. The molecule has 216 valence electrons. The molecular weight excluding hydrogens is 578 g/mol. The van der Waals surface area contributed by atoms with E-state index in [2.05, 4.69) is 53.0 Å². The van der Waals surface area contributed by atoms with E-state index in [1.807, 2.05) is 18.2 Å². The molecule has 7 rings (SSSR count). The minimum atomic E-state index is -0.303. The van der Waals surface area contributed by atoms with Gasteiger partial charge in [0.1, 0.15) is 0 Å². The van der Waals surface area contributed by atoms with Crippen LogP contribution in [0.2, 0.25) is 0 Å². The summed E-state index contributed by atoms with van der Waals surface area (Å²) in [7, 11) is 0. The Kier molecular flexibility index (Phi) is 6.70. The van der Waals surface area contributed by atoms with Crippen LogP contribution < -0.4 is 5.01 Å². The number of fused-ring (bicyclic) bond motifs is 5. The highest BCUT2D eigenvalue weighted by molar-refractivity contribution is 9.10. The van der Waals surface area contributed by atoms with E-state index in [-0.39, 0.29) is 33.6 Å². The van der Waals surface area contributed by atoms with Gasteiger partial charge >= 0.3 is 0 Å². The van der Waals surface area contributed by atoms with Gasteiger partial charge in [0, 0.05) is 34.7 Å². The number of nitrogens with zero attached hydrogens (tertiary/aromatic N) is 3. The first-order valence-corrected chi connectivity index (χ1v) is 16.2. The maximum absolute atomic E-state index is 11.6. The number of anilines is 1. The average molecular weight is 619 g/mol. The SMILES string of the molecule is C[C@]12CC[C@H]3[C@@H](CC=C4C[C@@H](O)CC[C@@]43C)[C@@H]1CC[C@@H]2C1=NN(c2ccc(Br)cc2)C(c2cccc([N+](=O)[O-])c2)C1. The van der Waals surface area contributed by atoms with E-state index in [1.54, 1.807) is 18.2 Å². The molecule has 3 saturated carbocycles. The van der Waals surface area contributed by atoms with E-state index in [9.17, 15) is 15.2 Å². The Hall–Kier alpha value is -2.51. The standard InChI is InChI=1S/C34H40BrN3O3/c1-33-16-14-26(39)19-22(33)6-11-27-28-12-13-30(34(28,2)17-15-29(27)33)31-20-32(21-4-3-5-25(18-21)38(40)41)37(36-31)24-9-7-23(35)8-10-24/h3-10,18,26-30,32,39H,11-17,19-20H2,1-2H3/t26-,27-,28-,29-,30+,32?,33-,34-/m0/s1. The molecule has 0 saturated heterocycles. The number of rotatable bonds is 4. The lowest BCUT2D eigenvalue weighted by Gasteiger charge is -2.58. The highest BCUT2D eigenvalue weighted by Gasteiger charge is 2.59. The van der Waals surface area contributed by atoms with Crippen molar-refractivity contribution < 1.29 is 10.0 Å². The number of hydrogen-bond acceptors (Lipinski definition) is 5. The average Bonchev–Trinajstić information content (AvgIpc) is 3.55. The summed E-state index contributed by atoms with van der Waals surface area (Å²) in [6, 6.07) is 15.3. The van der Waals surface area contributed by atoms with Crippen LogP contribution in [0.1, 0.15) is 83.2 Å². The summed E-state index contributed by atoms with van der Waals surface area (Å²) >= 11 is 3.56. The third-order valence-corrected chi connectivity index (χ3v) is 12.5. The minimum absolute atomic E-state index is 0.0576. The highest BCUT2D eigenvalue weighted by atomic mass is 79.9. The maximum atomic E-state index is 11.6. The number of non-ortho nitro benzene ring substituents is 1. The summed E-state index contributed by atoms with van der Waals surface area (Å²) in [5, 5.41) is 29.5. The number of allylic oxidation sites excluding steroid dienone is 1. The largest absolute Gasteiger partial charge is 0.393 e. The lowest BCUT2D eigenvalue weighted by atomic mass is 9.47. The smallest absolute Gasteiger partial charge is 0.269 e. The molecule has 5 aliphatic rings. The Morgan fingerprint density at radius 1 is 1.02 bits per heavy atom. The van der Waals surface area contributed by atoms with Crippen molar-refractivity contribution in [2.24, 2.45) is 39.6 Å². The van der Waals surface area contributed by atoms with Crippen LogP contribution >= 0.6 is 15.9 Å². The zero-order chi connectivity index (χ0) is 28.5. The van der Waals surface area contributed by atoms with Gasteiger partial charge in [-0.3, -0.25) is 15.1 Å². The van der Waals surface area contributed by atoms with Gasteiger partial charge in [-0.15, -0.1) is 0 Å². The van der Waals surface area contributed by atoms with Gasteiger partial charge in [0.25, 0.3) is 5.69 Å². The first-order valence-electron chi connectivity index (χ1n) is 15.4. The molecule has 0 radical (unpaired) electrons. The second-order valence-corrected chi connectivity index (χ2v) is 14.7. The van der Waals surface area contributed by atoms with Crippen LogP contribution in [-0.4, -0.2) is 21.8 Å². The topological polar surface area (TPSA) is 79.0 Å². The van der Waals surface area contributed by atoms with Gasteiger partial charge in [-0.1, -0.05) is 53.6 Å². The van der Waals surface area contributed by atoms with Gasteiger partial charge < -0.3 is 5.11 Å². The van der Waals surface area contributed by atoms with Gasteiger partial charge in [0.2, 0.25) is 0 Å². The van der Waals surface area contributed by atoms with Crippen LogP contribution in [0.15, 0.2) is 69.8 Å². The zero-order valence-corrected chi connectivity index (χ0v) is 25.6. The van der Waals surface area contributed by atoms with Crippen molar-refractivity contribution in [3.8, 4) is 0 Å². The van der Waals surface area contributed by atoms with E-state index in [0.717, 1.165) is 47.8 Å². The normalized spacial score (nSPS) is 38.0. The van der Waals surface area contributed by atoms with Gasteiger partial charge in [0.05, 0.1) is 22.8 Å². The van der Waals surface area contributed by atoms with Crippen LogP contribution in [-0.2, 0) is 0 Å². The molecule has 2 aromatic carbocycles. The van der Waals surface area contributed by atoms with Crippen molar-refractivity contribution in [1.82, 2.24) is 0 Å². The van der Waals surface area contributed by atoms with E-state index in [0.29, 0.717) is 23.7 Å². The number of benzene rings is 2. The molecule has 7 heteroatoms. The monoisotopic (exact) mass is 617 g/mol. The molecule has 4 aliphatic carbocycles. The van der Waals surface area contributed by atoms with Gasteiger partial charge in [-0.2, -0.15) is 5.10 Å². The lowest BCUT2D eigenvalue weighted by molar-refractivity contribution is -0.384. The summed E-state index contributed by atoms with van der Waals surface area (Å²) in [5.41, 5.74) is 5.36. The van der Waals surface area contributed by atoms with Crippen LogP contribution in [0.5, 0.6) is 0 Å². The Labute approximate surface area is 251 Å². The van der Waals surface area contributed by atoms with Gasteiger partial charge in [-0.05, 0) is 110 Å². The fourth-order valence-corrected chi connectivity index (χ4v) is 10.1. The van der Waals surface area contributed by atoms with E-state index < -0.39 is 0 Å². The van der Waals surface area contributed by atoms with Gasteiger partial charge in [0.15, 0.2) is 0 Å². The zero-order valence-electron chi connectivity index (χ0n) is 24.0. The summed E-state index contributed by atoms with van der Waals surface area (Å²) in [4.78, 5) is 11.3. The van der Waals surface area contributed by atoms with Crippen LogP contribution in [0.3, 0.4) is 0 Å². The first-order chi connectivity index (χ1) is 19.7. The quantitative estimate of drug-likeness (QED) is 0.212. The molecular formula is C34H40BrN3O3. The van der Waals surface area contributed by atoms with Crippen LogP contribution in [0.4, 0.5) is 11.4 Å². The molecule has 0 spiro atoms. The van der Waals surface area contributed by atoms with E-state index in [4.69, 9.17) is 5.10 Å². The molecule has 1 N–H and O–H groups in total. The lowest BCUT2D eigenvalue weighted by Crippen LogP contribution is -2.51. The van der Waals surface area contributed by atoms with Crippen molar-refractivity contribution in [2.75, 3.05) is 5.01 Å². The molecule has 41 heavy (non-hydrogen) atoms. The molecule has 3 fully saturated rings. The predicted octanol–water partition coefficient (Wildman–Crippen LogP) is 8.60. The number of halogens is 1. The number of aliphatic hydroxyl groups is 1. The third-order valence-electron chi connectivity index (χ3n) is 12.0. The molecule has 0 bridgehead atoms. The summed E-state index contributed by atoms with van der Waals surface area (Å²) < 4.78 is 1.02. The van der Waals surface area contributed by atoms with Crippen molar-refractivity contribution in [3.05, 3.63) is 80.3 Å². The Balaban J connectivity index is 1.20. The molecule has 2 aromatic rings. The van der Waals surface area contributed by atoms with Crippen molar-refractivity contribution in [2.45, 2.75) is 83.8 Å². The van der Waals surface area contributed by atoms with Gasteiger partial charge in [-0.25, -0.2) is 0 Å². The van der Waals surface area contributed by atoms with Crippen LogP contribution in [0.25, 0.3) is 0 Å². The molecule has 0 aromatic heterocycles. The minimum Gasteiger partial charge on any atom is -0.393 e. The molecule has 1 unspecified atom stereocenters. The third kappa shape index (κ3) is 4.41. The number of hydrogen-bond donors (Lipinski definition) is 1. The van der Waals surface area contributed by atoms with Crippen molar-refractivity contribution in [1.29, 1.82) is 0 Å². The maximum Gasteiger partial charge on any atom is 0.269 e. The second-order valence-electron chi connectivity index (χ2n) is 13.8. The molecule has 1 heterocycles. The van der Waals surface area contributed by atoms with E-state index >= 15 is 0 Å². The second kappa shape index (κ2) is 10.0. The predicted molar refractivity (Wildman–Crippen MR) is 166 cm³/mol. The Bertz CT molecular complexity index is 1420. The van der Waals surface area contributed by atoms with Crippen LogP contribution in [0, 0.1) is 44.6 Å². The number of aliphatic hydroxyl groups excluding tert-OH is 1. The van der Waals surface area contributed by atoms with Crippen molar-refractivity contribution >= 4 is 33.0 Å². The summed E-state index contributed by atoms with van der Waals surface area (Å²) in [5.74, 6) is 2.55. The highest BCUT2D eigenvalue weighted by Crippen LogP contribution is 2.67. The molecule has 6 nitrogen and oxygen atoms in total. The Morgan fingerprint density at radius 3 is 2.61 bits per heavy atom. The number of nitro benzene ring substituents is 1. The fourth-order valence-electron chi connectivity index (χ4n) is 9.87. The summed E-state index contributed by atoms with van der Waals surface area (Å²) in [6.07, 6.45) is 12.1. The molecule has 1 aliphatic heterocycles.